The lowest BCUT2D eigenvalue weighted by molar-refractivity contribution is -0.144. The SMILES string of the molecule is COc1cc(Cl)c(C)cc1NC(=O)CCNc1cc(C)nc2nc(C(F)(F)F)nn12. The number of methoxy groups -OCH3 is 1. The van der Waals surface area contributed by atoms with E-state index in [9.17, 15) is 18.0 Å². The number of nitrogens with one attached hydrogen (secondary N) is 2. The number of aryl methyl sites for hydroxylation is 2. The van der Waals surface area contributed by atoms with Crippen LogP contribution < -0.4 is 15.4 Å². The molecule has 160 valence electrons. The Balaban J connectivity index is 1.69. The van der Waals surface area contributed by atoms with Gasteiger partial charge >= 0.3 is 6.18 Å². The third-order valence-electron chi connectivity index (χ3n) is 4.11. The van der Waals surface area contributed by atoms with E-state index in [0.717, 1.165) is 10.1 Å². The molecular formula is C18H18ClF3N6O2. The summed E-state index contributed by atoms with van der Waals surface area (Å²) in [6.45, 7) is 3.55. The Bertz CT molecular complexity index is 1100. The predicted molar refractivity (Wildman–Crippen MR) is 105 cm³/mol. The zero-order valence-electron chi connectivity index (χ0n) is 16.3. The minimum Gasteiger partial charge on any atom is -0.495 e. The number of hydrogen-bond donors (Lipinski definition) is 2. The van der Waals surface area contributed by atoms with Crippen LogP contribution >= 0.6 is 11.6 Å². The van der Waals surface area contributed by atoms with E-state index in [4.69, 9.17) is 16.3 Å². The van der Waals surface area contributed by atoms with Gasteiger partial charge in [0, 0.05) is 35.8 Å². The zero-order chi connectivity index (χ0) is 22.1. The summed E-state index contributed by atoms with van der Waals surface area (Å²) in [5.41, 5.74) is 1.70. The number of hydrogen-bond acceptors (Lipinski definition) is 6. The first-order chi connectivity index (χ1) is 14.1. The summed E-state index contributed by atoms with van der Waals surface area (Å²) in [7, 11) is 1.46. The fourth-order valence-electron chi connectivity index (χ4n) is 2.68. The molecule has 3 aromatic rings. The van der Waals surface area contributed by atoms with Gasteiger partial charge in [-0.3, -0.25) is 4.79 Å². The summed E-state index contributed by atoms with van der Waals surface area (Å²) in [5.74, 6) is -1.13. The van der Waals surface area contributed by atoms with Gasteiger partial charge in [-0.05, 0) is 25.5 Å². The normalized spacial score (nSPS) is 11.6. The van der Waals surface area contributed by atoms with Crippen LogP contribution in [-0.4, -0.2) is 39.1 Å². The number of nitrogens with zero attached hydrogens (tertiary/aromatic N) is 4. The quantitative estimate of drug-likeness (QED) is 0.602. The first-order valence-electron chi connectivity index (χ1n) is 8.78. The summed E-state index contributed by atoms with van der Waals surface area (Å²) >= 11 is 6.05. The van der Waals surface area contributed by atoms with Crippen molar-refractivity contribution in [1.29, 1.82) is 0 Å². The monoisotopic (exact) mass is 442 g/mol. The lowest BCUT2D eigenvalue weighted by atomic mass is 10.2. The van der Waals surface area contributed by atoms with Crippen molar-refractivity contribution in [2.45, 2.75) is 26.4 Å². The molecule has 8 nitrogen and oxygen atoms in total. The highest BCUT2D eigenvalue weighted by Crippen LogP contribution is 2.31. The molecule has 1 amide bonds. The van der Waals surface area contributed by atoms with E-state index in [1.54, 1.807) is 26.0 Å². The van der Waals surface area contributed by atoms with Crippen LogP contribution in [0.4, 0.5) is 24.7 Å². The number of benzene rings is 1. The zero-order valence-corrected chi connectivity index (χ0v) is 17.0. The smallest absolute Gasteiger partial charge is 0.453 e. The summed E-state index contributed by atoms with van der Waals surface area (Å²) in [4.78, 5) is 19.7. The van der Waals surface area contributed by atoms with E-state index in [1.165, 1.54) is 13.2 Å². The van der Waals surface area contributed by atoms with Crippen molar-refractivity contribution < 1.29 is 22.7 Å². The molecule has 3 rings (SSSR count). The predicted octanol–water partition coefficient (Wildman–Crippen LogP) is 3.86. The molecule has 0 aliphatic heterocycles. The number of rotatable bonds is 6. The van der Waals surface area contributed by atoms with Gasteiger partial charge in [0.05, 0.1) is 12.8 Å². The van der Waals surface area contributed by atoms with Gasteiger partial charge in [-0.2, -0.15) is 22.7 Å². The highest BCUT2D eigenvalue weighted by atomic mass is 35.5. The molecule has 30 heavy (non-hydrogen) atoms. The molecule has 2 aromatic heterocycles. The average molecular weight is 443 g/mol. The maximum Gasteiger partial charge on any atom is 0.453 e. The van der Waals surface area contributed by atoms with Crippen LogP contribution in [0.2, 0.25) is 5.02 Å². The highest BCUT2D eigenvalue weighted by molar-refractivity contribution is 6.31. The van der Waals surface area contributed by atoms with Crippen molar-refractivity contribution in [3.05, 3.63) is 40.3 Å². The number of fused-ring (bicyclic) bond motifs is 1. The van der Waals surface area contributed by atoms with Gasteiger partial charge < -0.3 is 15.4 Å². The third kappa shape index (κ3) is 4.73. The van der Waals surface area contributed by atoms with Crippen LogP contribution in [0.3, 0.4) is 0 Å². The molecule has 0 fully saturated rings. The highest BCUT2D eigenvalue weighted by Gasteiger charge is 2.36. The lowest BCUT2D eigenvalue weighted by Gasteiger charge is -2.13. The van der Waals surface area contributed by atoms with E-state index >= 15 is 0 Å². The standard InChI is InChI=1S/C18H18ClF3N6O2/c1-9-6-12(13(30-3)8-11(9)19)25-15(29)4-5-23-14-7-10(2)24-17-26-16(18(20,21)22)27-28(14)17/h6-8,23H,4-5H2,1-3H3,(H,25,29). The van der Waals surface area contributed by atoms with Crippen LogP contribution in [-0.2, 0) is 11.0 Å². The van der Waals surface area contributed by atoms with Crippen molar-refractivity contribution in [2.24, 2.45) is 0 Å². The van der Waals surface area contributed by atoms with E-state index in [-0.39, 0.29) is 30.5 Å². The van der Waals surface area contributed by atoms with Gasteiger partial charge in [-0.15, -0.1) is 5.10 Å². The molecule has 0 aliphatic carbocycles. The Morgan fingerprint density at radius 3 is 2.63 bits per heavy atom. The summed E-state index contributed by atoms with van der Waals surface area (Å²) < 4.78 is 44.8. The van der Waals surface area contributed by atoms with E-state index in [0.29, 0.717) is 22.2 Å². The Morgan fingerprint density at radius 2 is 1.97 bits per heavy atom. The van der Waals surface area contributed by atoms with Gasteiger partial charge in [0.25, 0.3) is 11.6 Å². The fourth-order valence-corrected chi connectivity index (χ4v) is 2.83. The molecule has 2 heterocycles. The Morgan fingerprint density at radius 1 is 1.23 bits per heavy atom. The van der Waals surface area contributed by atoms with Gasteiger partial charge in [0.1, 0.15) is 11.6 Å². The van der Waals surface area contributed by atoms with Crippen molar-refractivity contribution in [3.8, 4) is 5.75 Å². The van der Waals surface area contributed by atoms with E-state index in [2.05, 4.69) is 25.7 Å². The minimum atomic E-state index is -4.69. The van der Waals surface area contributed by atoms with Crippen molar-refractivity contribution in [3.63, 3.8) is 0 Å². The molecule has 1 aromatic carbocycles. The Labute approximate surface area is 174 Å². The lowest BCUT2D eigenvalue weighted by Crippen LogP contribution is -2.18. The number of carbonyl (C=O) groups excluding carboxylic acids is 1. The number of aromatic nitrogens is 4. The van der Waals surface area contributed by atoms with Crippen molar-refractivity contribution in [1.82, 2.24) is 19.6 Å². The number of ether oxygens (including phenoxy) is 1. The first-order valence-corrected chi connectivity index (χ1v) is 9.15. The second-order valence-electron chi connectivity index (χ2n) is 6.45. The van der Waals surface area contributed by atoms with Crippen LogP contribution in [0, 0.1) is 13.8 Å². The number of halogens is 4. The van der Waals surface area contributed by atoms with Crippen molar-refractivity contribution >= 4 is 34.8 Å². The van der Waals surface area contributed by atoms with Crippen LogP contribution in [0.1, 0.15) is 23.5 Å². The number of carbonyl (C=O) groups is 1. The molecule has 2 N–H and O–H groups in total. The van der Waals surface area contributed by atoms with Crippen LogP contribution in [0.15, 0.2) is 18.2 Å². The van der Waals surface area contributed by atoms with Gasteiger partial charge in [0.2, 0.25) is 5.91 Å². The largest absolute Gasteiger partial charge is 0.495 e. The third-order valence-corrected chi connectivity index (χ3v) is 4.51. The molecule has 0 spiro atoms. The Hall–Kier alpha value is -3.08. The average Bonchev–Trinajstić information content (AvgIpc) is 3.09. The van der Waals surface area contributed by atoms with E-state index < -0.39 is 12.0 Å². The molecule has 0 saturated carbocycles. The van der Waals surface area contributed by atoms with Gasteiger partial charge in [-0.25, -0.2) is 4.98 Å². The molecule has 0 unspecified atom stereocenters. The second-order valence-corrected chi connectivity index (χ2v) is 6.86. The number of anilines is 2. The van der Waals surface area contributed by atoms with Crippen LogP contribution in [0.25, 0.3) is 5.78 Å². The fraction of sp³-hybridized carbons (Fsp3) is 0.333. The topological polar surface area (TPSA) is 93.4 Å². The molecular weight excluding hydrogens is 425 g/mol. The first kappa shape index (κ1) is 21.6. The Kier molecular flexibility index (Phi) is 6.01. The minimum absolute atomic E-state index is 0.0362. The molecule has 0 radical (unpaired) electrons. The molecule has 12 heteroatoms. The van der Waals surface area contributed by atoms with E-state index in [1.807, 2.05) is 0 Å². The van der Waals surface area contributed by atoms with Crippen molar-refractivity contribution in [2.75, 3.05) is 24.3 Å². The molecule has 0 bridgehead atoms. The molecule has 0 atom stereocenters. The summed E-state index contributed by atoms with van der Waals surface area (Å²) in [6.07, 6.45) is -4.65. The summed E-state index contributed by atoms with van der Waals surface area (Å²) in [5, 5.41) is 9.59. The number of amides is 1. The number of alkyl halides is 3. The summed E-state index contributed by atoms with van der Waals surface area (Å²) in [6, 6.07) is 4.81. The maximum absolute atomic E-state index is 12.9. The van der Waals surface area contributed by atoms with Gasteiger partial charge in [0.15, 0.2) is 0 Å². The molecule has 0 saturated heterocycles. The van der Waals surface area contributed by atoms with Crippen LogP contribution in [0.5, 0.6) is 5.75 Å². The molecule has 0 aliphatic rings. The maximum atomic E-state index is 12.9. The van der Waals surface area contributed by atoms with Gasteiger partial charge in [-0.1, -0.05) is 11.6 Å². The second kappa shape index (κ2) is 8.34.